The molecule has 2 amide bonds. The summed E-state index contributed by atoms with van der Waals surface area (Å²) in [4.78, 5) is 15.6. The van der Waals surface area contributed by atoms with Crippen LogP contribution >= 0.6 is 11.3 Å². The molecule has 1 rings (SSSR count). The van der Waals surface area contributed by atoms with Crippen LogP contribution in [0.15, 0.2) is 5.38 Å². The van der Waals surface area contributed by atoms with Gasteiger partial charge in [0, 0.05) is 18.0 Å². The molecule has 0 fully saturated rings. The predicted octanol–water partition coefficient (Wildman–Crippen LogP) is 1.95. The molecule has 0 aliphatic carbocycles. The van der Waals surface area contributed by atoms with Gasteiger partial charge in [0.15, 0.2) is 5.13 Å². The Bertz CT molecular complexity index is 339. The largest absolute Gasteiger partial charge is 0.338 e. The molecule has 0 aliphatic heterocycles. The van der Waals surface area contributed by atoms with E-state index < -0.39 is 0 Å². The Morgan fingerprint density at radius 3 is 2.88 bits per heavy atom. The Balaban J connectivity index is 2.54. The van der Waals surface area contributed by atoms with Crippen molar-refractivity contribution in [2.24, 2.45) is 0 Å². The maximum Gasteiger partial charge on any atom is 0.321 e. The molecule has 1 unspecified atom stereocenters. The molecule has 0 radical (unpaired) electrons. The summed E-state index contributed by atoms with van der Waals surface area (Å²) in [6.45, 7) is 7.49. The second-order valence-electron chi connectivity index (χ2n) is 3.34. The van der Waals surface area contributed by atoms with Crippen molar-refractivity contribution >= 4 is 22.5 Å². The summed E-state index contributed by atoms with van der Waals surface area (Å²) in [5, 5.41) is 11.2. The molecule has 0 aliphatic rings. The second-order valence-corrected chi connectivity index (χ2v) is 4.20. The van der Waals surface area contributed by atoms with Gasteiger partial charge in [-0.05, 0) is 20.4 Å². The zero-order chi connectivity index (χ0) is 12.0. The van der Waals surface area contributed by atoms with Crippen LogP contribution in [0.25, 0.3) is 0 Å². The van der Waals surface area contributed by atoms with E-state index >= 15 is 0 Å². The smallest absolute Gasteiger partial charge is 0.321 e. The lowest BCUT2D eigenvalue weighted by Gasteiger charge is -2.08. The van der Waals surface area contributed by atoms with Crippen LogP contribution in [0.4, 0.5) is 9.93 Å². The summed E-state index contributed by atoms with van der Waals surface area (Å²) in [7, 11) is 0. The van der Waals surface area contributed by atoms with Crippen LogP contribution in [0.3, 0.4) is 0 Å². The van der Waals surface area contributed by atoms with Gasteiger partial charge in [-0.3, -0.25) is 5.32 Å². The van der Waals surface area contributed by atoms with Gasteiger partial charge in [-0.15, -0.1) is 11.3 Å². The number of nitrogens with zero attached hydrogens (tertiary/aromatic N) is 1. The van der Waals surface area contributed by atoms with Crippen molar-refractivity contribution in [3.63, 3.8) is 0 Å². The fourth-order valence-electron chi connectivity index (χ4n) is 1.26. The summed E-state index contributed by atoms with van der Waals surface area (Å²) in [5.74, 6) is 0. The highest BCUT2D eigenvalue weighted by molar-refractivity contribution is 7.13. The van der Waals surface area contributed by atoms with Gasteiger partial charge in [0.1, 0.15) is 0 Å². The van der Waals surface area contributed by atoms with E-state index in [-0.39, 0.29) is 12.1 Å². The van der Waals surface area contributed by atoms with Gasteiger partial charge < -0.3 is 10.6 Å². The van der Waals surface area contributed by atoms with E-state index in [1.807, 2.05) is 12.3 Å². The van der Waals surface area contributed by atoms with Crippen molar-refractivity contribution in [1.29, 1.82) is 0 Å². The quantitative estimate of drug-likeness (QED) is 0.739. The molecule has 0 spiro atoms. The molecule has 16 heavy (non-hydrogen) atoms. The first-order valence-electron chi connectivity index (χ1n) is 5.41. The number of carbonyl (C=O) groups excluding carboxylic acids is 1. The number of amides is 2. The minimum absolute atomic E-state index is 0.209. The Kier molecular flexibility index (Phi) is 5.21. The van der Waals surface area contributed by atoms with Crippen LogP contribution in [0.5, 0.6) is 0 Å². The molecule has 1 heterocycles. The lowest BCUT2D eigenvalue weighted by atomic mass is 10.3. The number of nitrogens with one attached hydrogen (secondary N) is 3. The van der Waals surface area contributed by atoms with Crippen molar-refractivity contribution in [3.05, 3.63) is 11.1 Å². The predicted molar refractivity (Wildman–Crippen MR) is 66.9 cm³/mol. The third-order valence-electron chi connectivity index (χ3n) is 2.03. The third-order valence-corrected chi connectivity index (χ3v) is 2.81. The summed E-state index contributed by atoms with van der Waals surface area (Å²) < 4.78 is 0. The van der Waals surface area contributed by atoms with Gasteiger partial charge in [0.2, 0.25) is 0 Å². The molecule has 0 aromatic carbocycles. The topological polar surface area (TPSA) is 66.0 Å². The standard InChI is InChI=1S/C10H18N4OS/c1-4-11-7(3)8-6-16-10(13-8)14-9(15)12-5-2/h6-7,11H,4-5H2,1-3H3,(H2,12,13,14,15). The summed E-state index contributed by atoms with van der Waals surface area (Å²) >= 11 is 1.43. The van der Waals surface area contributed by atoms with Crippen LogP contribution in [-0.2, 0) is 0 Å². The fourth-order valence-corrected chi connectivity index (χ4v) is 2.05. The first-order chi connectivity index (χ1) is 7.67. The number of hydrogen-bond donors (Lipinski definition) is 3. The molecule has 1 aromatic rings. The van der Waals surface area contributed by atoms with E-state index in [9.17, 15) is 4.79 Å². The second kappa shape index (κ2) is 6.44. The molecular weight excluding hydrogens is 224 g/mol. The average Bonchev–Trinajstić information content (AvgIpc) is 2.67. The molecule has 1 aromatic heterocycles. The van der Waals surface area contributed by atoms with Crippen molar-refractivity contribution in [2.75, 3.05) is 18.4 Å². The maximum atomic E-state index is 11.2. The van der Waals surface area contributed by atoms with E-state index in [1.54, 1.807) is 0 Å². The fraction of sp³-hybridized carbons (Fsp3) is 0.600. The molecule has 6 heteroatoms. The van der Waals surface area contributed by atoms with E-state index in [2.05, 4.69) is 34.8 Å². The summed E-state index contributed by atoms with van der Waals surface area (Å²) in [6.07, 6.45) is 0. The Hall–Kier alpha value is -1.14. The van der Waals surface area contributed by atoms with Crippen LogP contribution in [0, 0.1) is 0 Å². The molecule has 0 bridgehead atoms. The van der Waals surface area contributed by atoms with E-state index in [4.69, 9.17) is 0 Å². The summed E-state index contributed by atoms with van der Waals surface area (Å²) in [6, 6.07) is 0.00513. The zero-order valence-electron chi connectivity index (χ0n) is 9.83. The van der Waals surface area contributed by atoms with Crippen molar-refractivity contribution < 1.29 is 4.79 Å². The van der Waals surface area contributed by atoms with Crippen LogP contribution in [0.1, 0.15) is 32.5 Å². The number of carbonyl (C=O) groups is 1. The van der Waals surface area contributed by atoms with Crippen LogP contribution in [-0.4, -0.2) is 24.1 Å². The molecule has 3 N–H and O–H groups in total. The van der Waals surface area contributed by atoms with Gasteiger partial charge in [-0.25, -0.2) is 9.78 Å². The van der Waals surface area contributed by atoms with Gasteiger partial charge in [-0.1, -0.05) is 6.92 Å². The highest BCUT2D eigenvalue weighted by Crippen LogP contribution is 2.20. The number of anilines is 1. The number of aromatic nitrogens is 1. The minimum Gasteiger partial charge on any atom is -0.338 e. The third kappa shape index (κ3) is 3.79. The first-order valence-corrected chi connectivity index (χ1v) is 6.29. The molecule has 0 saturated heterocycles. The van der Waals surface area contributed by atoms with Gasteiger partial charge in [0.25, 0.3) is 0 Å². The normalized spacial score (nSPS) is 12.2. The Labute approximate surface area is 99.7 Å². The van der Waals surface area contributed by atoms with Crippen LogP contribution < -0.4 is 16.0 Å². The SMILES string of the molecule is CCNC(=O)Nc1nc(C(C)NCC)cs1. The number of rotatable bonds is 5. The van der Waals surface area contributed by atoms with Gasteiger partial charge in [-0.2, -0.15) is 0 Å². The Morgan fingerprint density at radius 1 is 1.50 bits per heavy atom. The van der Waals surface area contributed by atoms with Crippen LogP contribution in [0.2, 0.25) is 0 Å². The number of hydrogen-bond acceptors (Lipinski definition) is 4. The lowest BCUT2D eigenvalue weighted by molar-refractivity contribution is 0.252. The van der Waals surface area contributed by atoms with Gasteiger partial charge >= 0.3 is 6.03 Å². The van der Waals surface area contributed by atoms with Gasteiger partial charge in [0.05, 0.1) is 5.69 Å². The van der Waals surface area contributed by atoms with Crippen molar-refractivity contribution in [1.82, 2.24) is 15.6 Å². The monoisotopic (exact) mass is 242 g/mol. The molecule has 5 nitrogen and oxygen atoms in total. The molecule has 0 saturated carbocycles. The average molecular weight is 242 g/mol. The maximum absolute atomic E-state index is 11.2. The molecule has 1 atom stereocenters. The number of thiazole rings is 1. The van der Waals surface area contributed by atoms with E-state index in [0.29, 0.717) is 11.7 Å². The van der Waals surface area contributed by atoms with Crippen molar-refractivity contribution in [2.45, 2.75) is 26.8 Å². The van der Waals surface area contributed by atoms with E-state index in [1.165, 1.54) is 11.3 Å². The lowest BCUT2D eigenvalue weighted by Crippen LogP contribution is -2.28. The highest BCUT2D eigenvalue weighted by atomic mass is 32.1. The highest BCUT2D eigenvalue weighted by Gasteiger charge is 2.10. The summed E-state index contributed by atoms with van der Waals surface area (Å²) in [5.41, 5.74) is 0.957. The number of urea groups is 1. The Morgan fingerprint density at radius 2 is 2.25 bits per heavy atom. The van der Waals surface area contributed by atoms with E-state index in [0.717, 1.165) is 12.2 Å². The zero-order valence-corrected chi connectivity index (χ0v) is 10.6. The minimum atomic E-state index is -0.209. The molecular formula is C10H18N4OS. The first kappa shape index (κ1) is 12.9. The molecule has 90 valence electrons. The van der Waals surface area contributed by atoms with Crippen molar-refractivity contribution in [3.8, 4) is 0 Å².